The molecule has 0 fully saturated rings. The van der Waals surface area contributed by atoms with Gasteiger partial charge in [0, 0.05) is 35.9 Å². The summed E-state index contributed by atoms with van der Waals surface area (Å²) in [5.41, 5.74) is 2.13. The topological polar surface area (TPSA) is 71.4 Å². The van der Waals surface area contributed by atoms with Gasteiger partial charge < -0.3 is 5.32 Å². The van der Waals surface area contributed by atoms with Crippen LogP contribution in [0.25, 0.3) is 15.7 Å². The van der Waals surface area contributed by atoms with Crippen LogP contribution in [-0.2, 0) is 6.54 Å². The molecule has 6 nitrogen and oxygen atoms in total. The molecule has 23 heavy (non-hydrogen) atoms. The zero-order chi connectivity index (χ0) is 15.6. The van der Waals surface area contributed by atoms with Crippen molar-refractivity contribution in [3.05, 3.63) is 51.5 Å². The van der Waals surface area contributed by atoms with Crippen molar-refractivity contribution in [2.75, 3.05) is 5.32 Å². The van der Waals surface area contributed by atoms with Crippen LogP contribution in [0.5, 0.6) is 0 Å². The summed E-state index contributed by atoms with van der Waals surface area (Å²) in [7, 11) is 0. The molecule has 0 atom stereocenters. The molecule has 4 aromatic rings. The molecule has 0 radical (unpaired) electrons. The summed E-state index contributed by atoms with van der Waals surface area (Å²) in [5, 5.41) is 17.8. The van der Waals surface area contributed by atoms with Crippen LogP contribution in [0.2, 0.25) is 0 Å². The van der Waals surface area contributed by atoms with Gasteiger partial charge in [0.15, 0.2) is 0 Å². The maximum absolute atomic E-state index is 4.48. The lowest BCUT2D eigenvalue weighted by Gasteiger charge is -2.03. The number of nitrogens with one attached hydrogen (secondary N) is 2. The molecule has 0 saturated carbocycles. The SMILES string of the molecule is Brc1ccc(-c2[nH]ncc2CNc2ccn(-c3nccs3)n2)s1. The number of rotatable bonds is 5. The van der Waals surface area contributed by atoms with Crippen molar-refractivity contribution in [1.82, 2.24) is 25.0 Å². The third kappa shape index (κ3) is 3.07. The minimum atomic E-state index is 0.649. The lowest BCUT2D eigenvalue weighted by Crippen LogP contribution is -2.01. The fraction of sp³-hybridized carbons (Fsp3) is 0.0714. The molecule has 0 unspecified atom stereocenters. The van der Waals surface area contributed by atoms with Gasteiger partial charge in [-0.15, -0.1) is 27.8 Å². The Kier molecular flexibility index (Phi) is 3.98. The van der Waals surface area contributed by atoms with Crippen molar-refractivity contribution in [3.8, 4) is 15.7 Å². The van der Waals surface area contributed by atoms with Crippen LogP contribution in [0.4, 0.5) is 5.82 Å². The number of aromatic amines is 1. The second-order valence-corrected chi connectivity index (χ2v) is 8.02. The van der Waals surface area contributed by atoms with Crippen LogP contribution in [0, 0.1) is 0 Å². The van der Waals surface area contributed by atoms with E-state index in [-0.39, 0.29) is 0 Å². The van der Waals surface area contributed by atoms with Crippen molar-refractivity contribution in [1.29, 1.82) is 0 Å². The highest BCUT2D eigenvalue weighted by Gasteiger charge is 2.10. The summed E-state index contributed by atoms with van der Waals surface area (Å²) in [5.74, 6) is 0.805. The van der Waals surface area contributed by atoms with E-state index in [0.29, 0.717) is 6.54 Å². The van der Waals surface area contributed by atoms with Gasteiger partial charge >= 0.3 is 0 Å². The summed E-state index contributed by atoms with van der Waals surface area (Å²) in [6.45, 7) is 0.649. The molecule has 0 spiro atoms. The van der Waals surface area contributed by atoms with Crippen LogP contribution in [0.3, 0.4) is 0 Å². The van der Waals surface area contributed by atoms with Crippen molar-refractivity contribution in [3.63, 3.8) is 0 Å². The Morgan fingerprint density at radius 1 is 1.30 bits per heavy atom. The van der Waals surface area contributed by atoms with Gasteiger partial charge in [0.1, 0.15) is 5.82 Å². The van der Waals surface area contributed by atoms with Crippen molar-refractivity contribution in [2.45, 2.75) is 6.54 Å². The molecule has 0 aliphatic rings. The van der Waals surface area contributed by atoms with Crippen LogP contribution in [0.15, 0.2) is 46.0 Å². The Balaban J connectivity index is 1.49. The average Bonchev–Trinajstić information content (AvgIpc) is 3.31. The monoisotopic (exact) mass is 406 g/mol. The minimum absolute atomic E-state index is 0.649. The molecule has 9 heteroatoms. The number of H-pyrrole nitrogens is 1. The van der Waals surface area contributed by atoms with Gasteiger partial charge in [-0.3, -0.25) is 5.10 Å². The van der Waals surface area contributed by atoms with E-state index in [4.69, 9.17) is 0 Å². The zero-order valence-corrected chi connectivity index (χ0v) is 15.0. The molecule has 116 valence electrons. The molecular weight excluding hydrogens is 396 g/mol. The molecule has 2 N–H and O–H groups in total. The molecule has 4 heterocycles. The summed E-state index contributed by atoms with van der Waals surface area (Å²) in [4.78, 5) is 5.39. The minimum Gasteiger partial charge on any atom is -0.364 e. The molecule has 0 saturated heterocycles. The highest BCUT2D eigenvalue weighted by atomic mass is 79.9. The fourth-order valence-corrected chi connectivity index (χ4v) is 4.14. The van der Waals surface area contributed by atoms with E-state index in [0.717, 1.165) is 30.9 Å². The number of hydrogen-bond acceptors (Lipinski definition) is 6. The van der Waals surface area contributed by atoms with Gasteiger partial charge in [-0.25, -0.2) is 9.67 Å². The van der Waals surface area contributed by atoms with Crippen LogP contribution >= 0.6 is 38.6 Å². The number of anilines is 1. The first-order valence-corrected chi connectivity index (χ1v) is 9.26. The first kappa shape index (κ1) is 14.6. The van der Waals surface area contributed by atoms with E-state index in [2.05, 4.69) is 47.6 Å². The van der Waals surface area contributed by atoms with E-state index in [9.17, 15) is 0 Å². The molecule has 0 bridgehead atoms. The number of nitrogens with zero attached hydrogens (tertiary/aromatic N) is 4. The van der Waals surface area contributed by atoms with Crippen LogP contribution in [-0.4, -0.2) is 25.0 Å². The van der Waals surface area contributed by atoms with Crippen LogP contribution in [0.1, 0.15) is 5.56 Å². The lowest BCUT2D eigenvalue weighted by atomic mass is 10.2. The normalized spacial score (nSPS) is 11.0. The maximum atomic E-state index is 4.48. The second kappa shape index (κ2) is 6.26. The van der Waals surface area contributed by atoms with Crippen molar-refractivity contribution >= 4 is 44.4 Å². The Bertz CT molecular complexity index is 907. The predicted molar refractivity (Wildman–Crippen MR) is 96.2 cm³/mol. The summed E-state index contributed by atoms with van der Waals surface area (Å²) >= 11 is 6.72. The zero-order valence-electron chi connectivity index (χ0n) is 11.7. The van der Waals surface area contributed by atoms with Crippen LogP contribution < -0.4 is 5.32 Å². The van der Waals surface area contributed by atoms with Gasteiger partial charge in [-0.05, 0) is 28.1 Å². The van der Waals surface area contributed by atoms with Gasteiger partial charge in [0.2, 0.25) is 5.13 Å². The Labute approximate surface area is 148 Å². The summed E-state index contributed by atoms with van der Waals surface area (Å²) in [6.07, 6.45) is 5.51. The molecule has 0 amide bonds. The van der Waals surface area contributed by atoms with E-state index in [1.54, 1.807) is 33.6 Å². The Morgan fingerprint density at radius 3 is 3.04 bits per heavy atom. The van der Waals surface area contributed by atoms with Gasteiger partial charge in [-0.1, -0.05) is 0 Å². The predicted octanol–water partition coefficient (Wildman–Crippen LogP) is 4.16. The molecule has 0 aromatic carbocycles. The lowest BCUT2D eigenvalue weighted by molar-refractivity contribution is 0.867. The highest BCUT2D eigenvalue weighted by molar-refractivity contribution is 9.11. The molecule has 4 rings (SSSR count). The van der Waals surface area contributed by atoms with Gasteiger partial charge in [-0.2, -0.15) is 5.10 Å². The number of hydrogen-bond donors (Lipinski definition) is 2. The molecular formula is C14H11BrN6S2. The molecule has 4 aromatic heterocycles. The maximum Gasteiger partial charge on any atom is 0.210 e. The van der Waals surface area contributed by atoms with E-state index in [1.165, 1.54) is 0 Å². The average molecular weight is 407 g/mol. The largest absolute Gasteiger partial charge is 0.364 e. The molecule has 0 aliphatic heterocycles. The quantitative estimate of drug-likeness (QED) is 0.521. The van der Waals surface area contributed by atoms with E-state index in [1.807, 2.05) is 29.9 Å². The van der Waals surface area contributed by atoms with Crippen molar-refractivity contribution in [2.24, 2.45) is 0 Å². The number of halogens is 1. The van der Waals surface area contributed by atoms with Gasteiger partial charge in [0.05, 0.1) is 20.6 Å². The third-order valence-corrected chi connectivity index (χ3v) is 5.60. The third-order valence-electron chi connectivity index (χ3n) is 3.20. The van der Waals surface area contributed by atoms with Gasteiger partial charge in [0.25, 0.3) is 0 Å². The first-order valence-electron chi connectivity index (χ1n) is 6.77. The number of thiazole rings is 1. The first-order chi connectivity index (χ1) is 11.3. The Hall–Kier alpha value is -1.97. The fourth-order valence-electron chi connectivity index (χ4n) is 2.15. The smallest absolute Gasteiger partial charge is 0.210 e. The standard InChI is InChI=1S/C14H11BrN6S2/c15-11-2-1-10(23-11)13-9(8-18-19-13)7-17-12-3-5-21(20-12)14-16-4-6-22-14/h1-6,8H,7H2,(H,17,20)(H,18,19). The Morgan fingerprint density at radius 2 is 2.26 bits per heavy atom. The highest BCUT2D eigenvalue weighted by Crippen LogP contribution is 2.32. The number of thiophene rings is 1. The van der Waals surface area contributed by atoms with E-state index < -0.39 is 0 Å². The summed E-state index contributed by atoms with van der Waals surface area (Å²) in [6, 6.07) is 6.04. The second-order valence-electron chi connectivity index (χ2n) is 4.69. The number of aromatic nitrogens is 5. The van der Waals surface area contributed by atoms with E-state index >= 15 is 0 Å². The summed E-state index contributed by atoms with van der Waals surface area (Å²) < 4.78 is 2.86. The van der Waals surface area contributed by atoms with Crippen molar-refractivity contribution < 1.29 is 0 Å². The molecule has 0 aliphatic carbocycles.